The summed E-state index contributed by atoms with van der Waals surface area (Å²) in [6, 6.07) is 10.4. The van der Waals surface area contributed by atoms with Gasteiger partial charge in [0.1, 0.15) is 0 Å². The molecular weight excluding hydrogens is 354 g/mol. The molecule has 2 rings (SSSR count). The van der Waals surface area contributed by atoms with Crippen LogP contribution in [0.2, 0.25) is 0 Å². The van der Waals surface area contributed by atoms with E-state index in [1.165, 1.54) is 17.5 Å². The lowest BCUT2D eigenvalue weighted by atomic mass is 9.90. The number of benzene rings is 1. The van der Waals surface area contributed by atoms with E-state index in [0.717, 1.165) is 31.5 Å². The number of hydrogen-bond acceptors (Lipinski definition) is 3. The highest BCUT2D eigenvalue weighted by molar-refractivity contribution is 7.94. The summed E-state index contributed by atoms with van der Waals surface area (Å²) in [5.41, 5.74) is 3.51. The second kappa shape index (κ2) is 9.41. The lowest BCUT2D eigenvalue weighted by Gasteiger charge is -2.29. The molecule has 0 N–H and O–H groups in total. The van der Waals surface area contributed by atoms with E-state index < -0.39 is 9.84 Å². The van der Waals surface area contributed by atoms with Gasteiger partial charge in [0.25, 0.3) is 0 Å². The van der Waals surface area contributed by atoms with Crippen LogP contribution in [0.1, 0.15) is 40.5 Å². The van der Waals surface area contributed by atoms with Crippen molar-refractivity contribution in [2.45, 2.75) is 40.5 Å². The molecule has 4 heteroatoms. The first-order valence-electron chi connectivity index (χ1n) is 9.85. The van der Waals surface area contributed by atoms with Crippen LogP contribution < -0.4 is 4.90 Å². The Balaban J connectivity index is 2.30. The molecule has 0 spiro atoms. The maximum Gasteiger partial charge on any atom is 0.172 e. The van der Waals surface area contributed by atoms with Gasteiger partial charge in [-0.15, -0.1) is 0 Å². The third kappa shape index (κ3) is 5.58. The lowest BCUT2D eigenvalue weighted by molar-refractivity contribution is 0.440. The zero-order valence-electron chi connectivity index (χ0n) is 17.3. The molecule has 1 aliphatic rings. The van der Waals surface area contributed by atoms with E-state index in [1.807, 2.05) is 25.1 Å². The number of para-hydroxylation sites is 1. The monoisotopic (exact) mass is 387 g/mol. The molecule has 0 fully saturated rings. The Morgan fingerprint density at radius 1 is 1.22 bits per heavy atom. The molecule has 1 atom stereocenters. The summed E-state index contributed by atoms with van der Waals surface area (Å²) < 4.78 is 25.0. The van der Waals surface area contributed by atoms with Crippen LogP contribution in [-0.4, -0.2) is 27.8 Å². The minimum absolute atomic E-state index is 0.0555. The van der Waals surface area contributed by atoms with Crippen molar-refractivity contribution in [1.82, 2.24) is 0 Å². The molecule has 148 valence electrons. The molecule has 0 saturated heterocycles. The number of nitrogens with zero attached hydrogens (tertiary/aromatic N) is 1. The normalized spacial score (nSPS) is 17.9. The fraction of sp³-hybridized carbons (Fsp3) is 0.478. The second-order valence-electron chi connectivity index (χ2n) is 7.58. The Morgan fingerprint density at radius 3 is 2.33 bits per heavy atom. The maximum absolute atomic E-state index is 12.5. The van der Waals surface area contributed by atoms with Gasteiger partial charge in [0, 0.05) is 29.9 Å². The number of anilines is 1. The van der Waals surface area contributed by atoms with E-state index in [1.54, 1.807) is 0 Å². The fourth-order valence-electron chi connectivity index (χ4n) is 3.81. The van der Waals surface area contributed by atoms with Crippen LogP contribution in [0.5, 0.6) is 0 Å². The van der Waals surface area contributed by atoms with Crippen LogP contribution in [0.15, 0.2) is 64.6 Å². The third-order valence-corrected chi connectivity index (χ3v) is 6.63. The highest BCUT2D eigenvalue weighted by atomic mass is 32.2. The SMILES string of the molecule is C/C=C(\C=C(/C(CC)C(C)C)S(C)(=O)=O)C1=CCN(c2ccccc2)CC1. The van der Waals surface area contributed by atoms with Crippen LogP contribution >= 0.6 is 0 Å². The molecule has 0 aliphatic carbocycles. The van der Waals surface area contributed by atoms with E-state index >= 15 is 0 Å². The molecule has 1 unspecified atom stereocenters. The summed E-state index contributed by atoms with van der Waals surface area (Å²) in [7, 11) is -3.24. The van der Waals surface area contributed by atoms with Crippen molar-refractivity contribution in [3.63, 3.8) is 0 Å². The van der Waals surface area contributed by atoms with Gasteiger partial charge in [-0.2, -0.15) is 0 Å². The highest BCUT2D eigenvalue weighted by Gasteiger charge is 2.25. The number of hydrogen-bond donors (Lipinski definition) is 0. The summed E-state index contributed by atoms with van der Waals surface area (Å²) in [5.74, 6) is 0.350. The molecule has 0 radical (unpaired) electrons. The van der Waals surface area contributed by atoms with Gasteiger partial charge in [-0.25, -0.2) is 8.42 Å². The standard InChI is InChI=1S/C23H33NO2S/c1-6-19(17-23(27(5,25)26)22(7-2)18(3)4)20-13-15-24(16-14-20)21-11-9-8-10-12-21/h6,8-13,17-18,22H,7,14-16H2,1-5H3/b19-6+,23-17+. The lowest BCUT2D eigenvalue weighted by Crippen LogP contribution is -2.28. The summed E-state index contributed by atoms with van der Waals surface area (Å²) in [6.45, 7) is 10.0. The van der Waals surface area contributed by atoms with Crippen molar-refractivity contribution < 1.29 is 8.42 Å². The quantitative estimate of drug-likeness (QED) is 0.589. The van der Waals surface area contributed by atoms with Crippen molar-refractivity contribution in [2.24, 2.45) is 11.8 Å². The summed E-state index contributed by atoms with van der Waals surface area (Å²) in [6.07, 6.45) is 9.28. The molecule has 1 aromatic rings. The van der Waals surface area contributed by atoms with Crippen molar-refractivity contribution in [3.8, 4) is 0 Å². The first-order valence-corrected chi connectivity index (χ1v) is 11.7. The minimum atomic E-state index is -3.24. The molecule has 3 nitrogen and oxygen atoms in total. The number of allylic oxidation sites excluding steroid dienone is 4. The molecule has 27 heavy (non-hydrogen) atoms. The average molecular weight is 388 g/mol. The zero-order valence-corrected chi connectivity index (χ0v) is 18.1. The predicted molar refractivity (Wildman–Crippen MR) is 117 cm³/mol. The van der Waals surface area contributed by atoms with E-state index in [9.17, 15) is 8.42 Å². The van der Waals surface area contributed by atoms with Gasteiger partial charge in [-0.3, -0.25) is 0 Å². The van der Waals surface area contributed by atoms with Gasteiger partial charge in [0.15, 0.2) is 9.84 Å². The van der Waals surface area contributed by atoms with Gasteiger partial charge < -0.3 is 4.90 Å². The Hall–Kier alpha value is -1.81. The Kier molecular flexibility index (Phi) is 7.49. The van der Waals surface area contributed by atoms with Crippen LogP contribution in [-0.2, 0) is 9.84 Å². The predicted octanol–water partition coefficient (Wildman–Crippen LogP) is 5.38. The van der Waals surface area contributed by atoms with Crippen molar-refractivity contribution >= 4 is 15.5 Å². The molecule has 0 bridgehead atoms. The fourth-order valence-corrected chi connectivity index (χ4v) is 5.14. The number of rotatable bonds is 7. The first-order chi connectivity index (χ1) is 12.8. The highest BCUT2D eigenvalue weighted by Crippen LogP contribution is 2.31. The van der Waals surface area contributed by atoms with Gasteiger partial charge in [0.05, 0.1) is 0 Å². The summed E-state index contributed by atoms with van der Waals surface area (Å²) >= 11 is 0. The molecule has 0 saturated carbocycles. The van der Waals surface area contributed by atoms with Gasteiger partial charge >= 0.3 is 0 Å². The Morgan fingerprint density at radius 2 is 1.89 bits per heavy atom. The van der Waals surface area contributed by atoms with Crippen LogP contribution in [0, 0.1) is 11.8 Å². The average Bonchev–Trinajstić information content (AvgIpc) is 2.65. The minimum Gasteiger partial charge on any atom is -0.367 e. The molecule has 0 amide bonds. The van der Waals surface area contributed by atoms with E-state index in [-0.39, 0.29) is 5.92 Å². The van der Waals surface area contributed by atoms with Crippen LogP contribution in [0.4, 0.5) is 5.69 Å². The zero-order chi connectivity index (χ0) is 20.0. The van der Waals surface area contributed by atoms with E-state index in [0.29, 0.717) is 10.8 Å². The van der Waals surface area contributed by atoms with Crippen LogP contribution in [0.3, 0.4) is 0 Å². The first kappa shape index (κ1) is 21.5. The van der Waals surface area contributed by atoms with Crippen LogP contribution in [0.25, 0.3) is 0 Å². The van der Waals surface area contributed by atoms with Gasteiger partial charge in [-0.1, -0.05) is 51.1 Å². The second-order valence-corrected chi connectivity index (χ2v) is 9.60. The van der Waals surface area contributed by atoms with Crippen molar-refractivity contribution in [3.05, 3.63) is 64.6 Å². The topological polar surface area (TPSA) is 37.4 Å². The molecule has 0 aromatic heterocycles. The molecule has 1 aliphatic heterocycles. The van der Waals surface area contributed by atoms with E-state index in [4.69, 9.17) is 0 Å². The molecule has 1 aromatic carbocycles. The Bertz CT molecular complexity index is 817. The van der Waals surface area contributed by atoms with E-state index in [2.05, 4.69) is 56.0 Å². The third-order valence-electron chi connectivity index (χ3n) is 5.35. The van der Waals surface area contributed by atoms with Crippen molar-refractivity contribution in [1.29, 1.82) is 0 Å². The maximum atomic E-state index is 12.5. The largest absolute Gasteiger partial charge is 0.367 e. The smallest absolute Gasteiger partial charge is 0.172 e. The molecular formula is C23H33NO2S. The molecule has 1 heterocycles. The van der Waals surface area contributed by atoms with Crippen molar-refractivity contribution in [2.75, 3.05) is 24.2 Å². The van der Waals surface area contributed by atoms with Gasteiger partial charge in [-0.05, 0) is 61.0 Å². The Labute approximate surface area is 165 Å². The number of sulfone groups is 1. The van der Waals surface area contributed by atoms with Gasteiger partial charge in [0.2, 0.25) is 0 Å². The summed E-state index contributed by atoms with van der Waals surface area (Å²) in [4.78, 5) is 2.92. The summed E-state index contributed by atoms with van der Waals surface area (Å²) in [5, 5.41) is 0.